The number of aliphatic carboxylic acids is 1. The molecule has 2 atom stereocenters. The highest BCUT2D eigenvalue weighted by atomic mass is 32.2. The van der Waals surface area contributed by atoms with Crippen molar-refractivity contribution in [1.29, 1.82) is 0 Å². The summed E-state index contributed by atoms with van der Waals surface area (Å²) >= 11 is 1.88. The summed E-state index contributed by atoms with van der Waals surface area (Å²) in [4.78, 5) is 13.3. The van der Waals surface area contributed by atoms with Crippen LogP contribution in [0.5, 0.6) is 0 Å². The van der Waals surface area contributed by atoms with Crippen LogP contribution in [-0.4, -0.2) is 46.6 Å². The first-order valence-corrected chi connectivity index (χ1v) is 6.87. The Bertz CT molecular complexity index is 211. The van der Waals surface area contributed by atoms with Gasteiger partial charge in [-0.25, -0.2) is 0 Å². The molecule has 4 heteroatoms. The van der Waals surface area contributed by atoms with Crippen molar-refractivity contribution in [3.05, 3.63) is 0 Å². The lowest BCUT2D eigenvalue weighted by molar-refractivity contribution is -0.146. The van der Waals surface area contributed by atoms with Crippen LogP contribution < -0.4 is 0 Å². The van der Waals surface area contributed by atoms with Gasteiger partial charge in [0, 0.05) is 12.3 Å². The van der Waals surface area contributed by atoms with Gasteiger partial charge < -0.3 is 5.11 Å². The molecule has 1 N–H and O–H groups in total. The van der Waals surface area contributed by atoms with Gasteiger partial charge in [0.1, 0.15) is 6.04 Å². The zero-order valence-corrected chi connectivity index (χ0v) is 10.4. The smallest absolute Gasteiger partial charge is 0.321 e. The molecule has 0 aliphatic carbocycles. The maximum Gasteiger partial charge on any atom is 0.321 e. The summed E-state index contributed by atoms with van der Waals surface area (Å²) in [5.74, 6) is 1.81. The fourth-order valence-electron chi connectivity index (χ4n) is 2.25. The van der Waals surface area contributed by atoms with Crippen LogP contribution in [0.2, 0.25) is 0 Å². The average molecular weight is 231 g/mol. The van der Waals surface area contributed by atoms with Gasteiger partial charge in [0.25, 0.3) is 0 Å². The molecule has 0 radical (unpaired) electrons. The van der Waals surface area contributed by atoms with E-state index >= 15 is 0 Å². The standard InChI is InChI=1S/C11H21NO2S/c1-3-15-8-7-12-6-4-5-9(2)10(12)11(13)14/h9-10H,3-8H2,1-2H3,(H,13,14). The number of hydrogen-bond acceptors (Lipinski definition) is 3. The predicted octanol–water partition coefficient (Wildman–Crippen LogP) is 1.92. The molecule has 0 aromatic rings. The van der Waals surface area contributed by atoms with Crippen LogP contribution in [0.15, 0.2) is 0 Å². The lowest BCUT2D eigenvalue weighted by Crippen LogP contribution is -2.49. The zero-order chi connectivity index (χ0) is 11.3. The number of thioether (sulfide) groups is 1. The fourth-order valence-corrected chi connectivity index (χ4v) is 2.90. The average Bonchev–Trinajstić information content (AvgIpc) is 2.17. The van der Waals surface area contributed by atoms with Gasteiger partial charge in [-0.1, -0.05) is 13.8 Å². The molecule has 15 heavy (non-hydrogen) atoms. The van der Waals surface area contributed by atoms with Crippen molar-refractivity contribution < 1.29 is 9.90 Å². The van der Waals surface area contributed by atoms with E-state index in [1.165, 1.54) is 0 Å². The van der Waals surface area contributed by atoms with E-state index in [2.05, 4.69) is 18.7 Å². The molecule has 1 rings (SSSR count). The van der Waals surface area contributed by atoms with E-state index in [-0.39, 0.29) is 6.04 Å². The fraction of sp³-hybridized carbons (Fsp3) is 0.909. The van der Waals surface area contributed by atoms with Crippen molar-refractivity contribution in [3.8, 4) is 0 Å². The molecule has 1 aliphatic heterocycles. The monoisotopic (exact) mass is 231 g/mol. The second-order valence-corrected chi connectivity index (χ2v) is 5.53. The first-order valence-electron chi connectivity index (χ1n) is 5.71. The number of nitrogens with zero attached hydrogens (tertiary/aromatic N) is 1. The summed E-state index contributed by atoms with van der Waals surface area (Å²) in [7, 11) is 0. The maximum absolute atomic E-state index is 11.2. The second kappa shape index (κ2) is 6.38. The number of hydrogen-bond donors (Lipinski definition) is 1. The Balaban J connectivity index is 2.47. The third-order valence-corrected chi connectivity index (χ3v) is 3.90. The van der Waals surface area contributed by atoms with E-state index in [0.29, 0.717) is 5.92 Å². The molecule has 1 aliphatic rings. The largest absolute Gasteiger partial charge is 0.480 e. The normalized spacial score (nSPS) is 27.9. The Labute approximate surface area is 96.2 Å². The molecule has 0 bridgehead atoms. The number of carboxylic acid groups (broad SMARTS) is 1. The van der Waals surface area contributed by atoms with Gasteiger partial charge in [0.2, 0.25) is 0 Å². The number of carboxylic acids is 1. The Kier molecular flexibility index (Phi) is 5.47. The van der Waals surface area contributed by atoms with Gasteiger partial charge in [0.15, 0.2) is 0 Å². The van der Waals surface area contributed by atoms with Gasteiger partial charge in [-0.05, 0) is 31.1 Å². The zero-order valence-electron chi connectivity index (χ0n) is 9.61. The van der Waals surface area contributed by atoms with E-state index in [9.17, 15) is 9.90 Å². The molecule has 1 fully saturated rings. The molecule has 0 aromatic carbocycles. The van der Waals surface area contributed by atoms with E-state index in [0.717, 1.165) is 37.4 Å². The molecule has 88 valence electrons. The highest BCUT2D eigenvalue weighted by Crippen LogP contribution is 2.23. The van der Waals surface area contributed by atoms with Crippen molar-refractivity contribution >= 4 is 17.7 Å². The molecular formula is C11H21NO2S. The molecule has 3 nitrogen and oxygen atoms in total. The minimum atomic E-state index is -0.649. The summed E-state index contributed by atoms with van der Waals surface area (Å²) in [5.41, 5.74) is 0. The number of carbonyl (C=O) groups is 1. The van der Waals surface area contributed by atoms with Crippen molar-refractivity contribution in [2.24, 2.45) is 5.92 Å². The lowest BCUT2D eigenvalue weighted by atomic mass is 9.91. The first-order chi connectivity index (χ1) is 7.16. The summed E-state index contributed by atoms with van der Waals surface area (Å²) in [5, 5.41) is 9.19. The number of rotatable bonds is 5. The van der Waals surface area contributed by atoms with Crippen molar-refractivity contribution in [2.75, 3.05) is 24.6 Å². The lowest BCUT2D eigenvalue weighted by Gasteiger charge is -2.37. The summed E-state index contributed by atoms with van der Waals surface area (Å²) < 4.78 is 0. The van der Waals surface area contributed by atoms with E-state index in [4.69, 9.17) is 0 Å². The van der Waals surface area contributed by atoms with E-state index < -0.39 is 5.97 Å². The predicted molar refractivity (Wildman–Crippen MR) is 64.4 cm³/mol. The van der Waals surface area contributed by atoms with Crippen LogP contribution in [0, 0.1) is 5.92 Å². The maximum atomic E-state index is 11.2. The number of piperidine rings is 1. The summed E-state index contributed by atoms with van der Waals surface area (Å²) in [6.07, 6.45) is 2.19. The van der Waals surface area contributed by atoms with Crippen molar-refractivity contribution in [1.82, 2.24) is 4.90 Å². The van der Waals surface area contributed by atoms with Crippen molar-refractivity contribution in [3.63, 3.8) is 0 Å². The molecule has 1 heterocycles. The highest BCUT2D eigenvalue weighted by molar-refractivity contribution is 7.99. The minimum absolute atomic E-state index is 0.254. The SMILES string of the molecule is CCSCCN1CCCC(C)C1C(=O)O. The molecule has 1 saturated heterocycles. The molecule has 2 unspecified atom stereocenters. The Morgan fingerprint density at radius 3 is 2.93 bits per heavy atom. The molecule has 0 saturated carbocycles. The van der Waals surface area contributed by atoms with Crippen LogP contribution >= 0.6 is 11.8 Å². The molecule has 0 spiro atoms. The summed E-state index contributed by atoms with van der Waals surface area (Å²) in [6.45, 7) is 6.06. The quantitative estimate of drug-likeness (QED) is 0.734. The van der Waals surface area contributed by atoms with E-state index in [1.807, 2.05) is 11.8 Å². The molecular weight excluding hydrogens is 210 g/mol. The van der Waals surface area contributed by atoms with Crippen LogP contribution in [0.3, 0.4) is 0 Å². The van der Waals surface area contributed by atoms with Crippen LogP contribution in [0.4, 0.5) is 0 Å². The van der Waals surface area contributed by atoms with E-state index in [1.54, 1.807) is 0 Å². The molecule has 0 aromatic heterocycles. The van der Waals surface area contributed by atoms with Gasteiger partial charge in [0.05, 0.1) is 0 Å². The first kappa shape index (κ1) is 12.8. The topological polar surface area (TPSA) is 40.5 Å². The third kappa shape index (κ3) is 3.68. The van der Waals surface area contributed by atoms with Crippen LogP contribution in [0.25, 0.3) is 0 Å². The summed E-state index contributed by atoms with van der Waals surface area (Å²) in [6, 6.07) is -0.254. The van der Waals surface area contributed by atoms with Gasteiger partial charge >= 0.3 is 5.97 Å². The second-order valence-electron chi connectivity index (χ2n) is 4.14. The van der Waals surface area contributed by atoms with Crippen molar-refractivity contribution in [2.45, 2.75) is 32.7 Å². The highest BCUT2D eigenvalue weighted by Gasteiger charge is 2.33. The Morgan fingerprint density at radius 2 is 2.33 bits per heavy atom. The number of likely N-dealkylation sites (tertiary alicyclic amines) is 1. The Morgan fingerprint density at radius 1 is 1.60 bits per heavy atom. The van der Waals surface area contributed by atoms with Crippen LogP contribution in [0.1, 0.15) is 26.7 Å². The molecule has 0 amide bonds. The Hall–Kier alpha value is -0.220. The van der Waals surface area contributed by atoms with Gasteiger partial charge in [-0.2, -0.15) is 11.8 Å². The van der Waals surface area contributed by atoms with Gasteiger partial charge in [-0.15, -0.1) is 0 Å². The van der Waals surface area contributed by atoms with Gasteiger partial charge in [-0.3, -0.25) is 9.69 Å². The van der Waals surface area contributed by atoms with Crippen LogP contribution in [-0.2, 0) is 4.79 Å². The minimum Gasteiger partial charge on any atom is -0.480 e. The third-order valence-electron chi connectivity index (χ3n) is 3.02.